The number of likely N-dealkylation sites (tertiary alicyclic amines) is 1. The molecular formula is C21H29N5O2S. The van der Waals surface area contributed by atoms with E-state index in [0.29, 0.717) is 5.88 Å². The second-order valence-electron chi connectivity index (χ2n) is 7.99. The molecule has 4 rings (SSSR count). The van der Waals surface area contributed by atoms with Crippen molar-refractivity contribution in [3.63, 3.8) is 0 Å². The number of piperazine rings is 1. The van der Waals surface area contributed by atoms with Crippen LogP contribution in [0.15, 0.2) is 23.7 Å². The van der Waals surface area contributed by atoms with Crippen LogP contribution in [0.1, 0.15) is 29.1 Å². The van der Waals surface area contributed by atoms with Gasteiger partial charge in [0.05, 0.1) is 17.8 Å². The highest BCUT2D eigenvalue weighted by atomic mass is 32.1. The number of hydrogen-bond acceptors (Lipinski definition) is 7. The molecule has 2 saturated heterocycles. The van der Waals surface area contributed by atoms with Gasteiger partial charge in [-0.25, -0.2) is 9.97 Å². The Kier molecular flexibility index (Phi) is 5.85. The number of aryl methyl sites for hydroxylation is 1. The molecule has 2 fully saturated rings. The molecular weight excluding hydrogens is 386 g/mol. The zero-order chi connectivity index (χ0) is 20.4. The number of nitrogens with zero attached hydrogens (tertiary/aromatic N) is 5. The van der Waals surface area contributed by atoms with E-state index in [-0.39, 0.29) is 5.91 Å². The van der Waals surface area contributed by atoms with Crippen LogP contribution >= 0.6 is 11.3 Å². The van der Waals surface area contributed by atoms with Crippen LogP contribution in [0.4, 0.5) is 0 Å². The number of pyridine rings is 1. The molecule has 0 aliphatic carbocycles. The van der Waals surface area contributed by atoms with Gasteiger partial charge in [0, 0.05) is 63.5 Å². The number of ether oxygens (including phenoxy) is 1. The quantitative estimate of drug-likeness (QED) is 0.746. The minimum Gasteiger partial charge on any atom is -0.481 e. The summed E-state index contributed by atoms with van der Waals surface area (Å²) in [6, 6.07) is 4.01. The molecule has 0 radical (unpaired) electrons. The van der Waals surface area contributed by atoms with Crippen LogP contribution in [-0.2, 0) is 17.9 Å². The van der Waals surface area contributed by atoms with Gasteiger partial charge in [0.25, 0.3) is 0 Å². The third-order valence-corrected chi connectivity index (χ3v) is 7.02. The molecule has 0 bridgehead atoms. The molecule has 1 spiro atoms. The molecule has 0 atom stereocenters. The number of likely N-dealkylation sites (N-methyl/N-ethyl adjacent to an activating group) is 1. The van der Waals surface area contributed by atoms with Crippen molar-refractivity contribution in [2.75, 3.05) is 40.3 Å². The molecule has 0 aromatic carbocycles. The Hall–Kier alpha value is -2.03. The molecule has 1 amide bonds. The number of piperidine rings is 1. The summed E-state index contributed by atoms with van der Waals surface area (Å²) in [4.78, 5) is 28.9. The summed E-state index contributed by atoms with van der Waals surface area (Å²) in [5.41, 5.74) is 1.75. The van der Waals surface area contributed by atoms with E-state index in [1.54, 1.807) is 24.6 Å². The lowest BCUT2D eigenvalue weighted by Crippen LogP contribution is -2.67. The van der Waals surface area contributed by atoms with Gasteiger partial charge in [-0.2, -0.15) is 0 Å². The lowest BCUT2D eigenvalue weighted by atomic mass is 9.82. The van der Waals surface area contributed by atoms with Gasteiger partial charge in [-0.05, 0) is 25.8 Å². The van der Waals surface area contributed by atoms with Crippen molar-refractivity contribution < 1.29 is 9.53 Å². The first-order valence-corrected chi connectivity index (χ1v) is 11.0. The van der Waals surface area contributed by atoms with Gasteiger partial charge in [-0.15, -0.1) is 11.3 Å². The van der Waals surface area contributed by atoms with E-state index in [4.69, 9.17) is 4.74 Å². The summed E-state index contributed by atoms with van der Waals surface area (Å²) in [7, 11) is 3.59. The first kappa shape index (κ1) is 20.3. The molecule has 2 aromatic rings. The standard InChI is InChI=1S/C21H29N5O2S/c1-16-23-18(15-29-16)14-26-12-11-24(2)20(27)21(26)6-9-25(10-7-21)13-17-5-4-8-22-19(17)28-3/h4-5,8,15H,6-7,9-14H2,1-3H3. The maximum absolute atomic E-state index is 13.3. The van der Waals surface area contributed by atoms with Crippen molar-refractivity contribution in [1.82, 2.24) is 24.7 Å². The molecule has 0 N–H and O–H groups in total. The zero-order valence-electron chi connectivity index (χ0n) is 17.4. The first-order valence-electron chi connectivity index (χ1n) is 10.1. The van der Waals surface area contributed by atoms with Crippen molar-refractivity contribution >= 4 is 17.2 Å². The van der Waals surface area contributed by atoms with Gasteiger partial charge < -0.3 is 9.64 Å². The topological polar surface area (TPSA) is 61.8 Å². The average Bonchev–Trinajstić information content (AvgIpc) is 3.15. The minimum absolute atomic E-state index is 0.259. The van der Waals surface area contributed by atoms with E-state index >= 15 is 0 Å². The predicted octanol–water partition coefficient (Wildman–Crippen LogP) is 2.16. The van der Waals surface area contributed by atoms with Crippen molar-refractivity contribution in [2.24, 2.45) is 0 Å². The summed E-state index contributed by atoms with van der Waals surface area (Å²) in [6.07, 6.45) is 3.42. The number of thiazole rings is 1. The number of carbonyl (C=O) groups excluding carboxylic acids is 1. The number of aromatic nitrogens is 2. The number of carbonyl (C=O) groups is 1. The van der Waals surface area contributed by atoms with Gasteiger partial charge in [0.2, 0.25) is 11.8 Å². The maximum atomic E-state index is 13.3. The minimum atomic E-state index is -0.417. The summed E-state index contributed by atoms with van der Waals surface area (Å²) in [6.45, 7) is 7.01. The number of methoxy groups -OCH3 is 1. The monoisotopic (exact) mass is 415 g/mol. The summed E-state index contributed by atoms with van der Waals surface area (Å²) in [5.74, 6) is 0.941. The van der Waals surface area contributed by atoms with Gasteiger partial charge in [0.15, 0.2) is 0 Å². The maximum Gasteiger partial charge on any atom is 0.242 e. The lowest BCUT2D eigenvalue weighted by Gasteiger charge is -2.52. The lowest BCUT2D eigenvalue weighted by molar-refractivity contribution is -0.155. The van der Waals surface area contributed by atoms with Crippen molar-refractivity contribution in [3.8, 4) is 5.88 Å². The molecule has 2 aliphatic heterocycles. The molecule has 7 nitrogen and oxygen atoms in total. The first-order chi connectivity index (χ1) is 14.0. The van der Waals surface area contributed by atoms with Gasteiger partial charge in [-0.1, -0.05) is 6.07 Å². The van der Waals surface area contributed by atoms with Crippen molar-refractivity contribution in [3.05, 3.63) is 40.0 Å². The normalized spacial score (nSPS) is 20.4. The van der Waals surface area contributed by atoms with Gasteiger partial charge in [0.1, 0.15) is 5.54 Å². The van der Waals surface area contributed by atoms with Crippen LogP contribution in [-0.4, -0.2) is 76.5 Å². The predicted molar refractivity (Wildman–Crippen MR) is 113 cm³/mol. The van der Waals surface area contributed by atoms with E-state index in [2.05, 4.69) is 31.2 Å². The second kappa shape index (κ2) is 8.38. The van der Waals surface area contributed by atoms with E-state index in [1.165, 1.54) is 0 Å². The molecule has 156 valence electrons. The molecule has 2 aliphatic rings. The third-order valence-electron chi connectivity index (χ3n) is 6.20. The van der Waals surface area contributed by atoms with Crippen LogP contribution in [0.3, 0.4) is 0 Å². The van der Waals surface area contributed by atoms with Crippen LogP contribution in [0, 0.1) is 6.92 Å². The van der Waals surface area contributed by atoms with Crippen molar-refractivity contribution in [1.29, 1.82) is 0 Å². The SMILES string of the molecule is COc1ncccc1CN1CCC2(CC1)C(=O)N(C)CCN2Cc1csc(C)n1. The fourth-order valence-corrected chi connectivity index (χ4v) is 5.17. The number of rotatable bonds is 5. The highest BCUT2D eigenvalue weighted by Gasteiger charge is 2.49. The van der Waals surface area contributed by atoms with Crippen LogP contribution in [0.2, 0.25) is 0 Å². The van der Waals surface area contributed by atoms with E-state index in [1.807, 2.05) is 24.9 Å². The Bertz CT molecular complexity index is 862. The fraction of sp³-hybridized carbons (Fsp3) is 0.571. The van der Waals surface area contributed by atoms with E-state index in [0.717, 1.165) is 68.4 Å². The summed E-state index contributed by atoms with van der Waals surface area (Å²) < 4.78 is 5.40. The number of hydrogen-bond donors (Lipinski definition) is 0. The molecule has 29 heavy (non-hydrogen) atoms. The Morgan fingerprint density at radius 3 is 2.69 bits per heavy atom. The molecule has 4 heterocycles. The smallest absolute Gasteiger partial charge is 0.242 e. The fourth-order valence-electron chi connectivity index (χ4n) is 4.56. The number of amides is 1. The Morgan fingerprint density at radius 1 is 1.21 bits per heavy atom. The average molecular weight is 416 g/mol. The zero-order valence-corrected chi connectivity index (χ0v) is 18.2. The highest BCUT2D eigenvalue weighted by molar-refractivity contribution is 7.09. The van der Waals surface area contributed by atoms with Crippen LogP contribution < -0.4 is 4.74 Å². The summed E-state index contributed by atoms with van der Waals surface area (Å²) >= 11 is 1.68. The van der Waals surface area contributed by atoms with Crippen molar-refractivity contribution in [2.45, 2.75) is 38.4 Å². The van der Waals surface area contributed by atoms with E-state index < -0.39 is 5.54 Å². The van der Waals surface area contributed by atoms with Gasteiger partial charge >= 0.3 is 0 Å². The second-order valence-corrected chi connectivity index (χ2v) is 9.05. The Balaban J connectivity index is 1.48. The van der Waals surface area contributed by atoms with Crippen LogP contribution in [0.5, 0.6) is 5.88 Å². The van der Waals surface area contributed by atoms with Crippen LogP contribution in [0.25, 0.3) is 0 Å². The molecule has 8 heteroatoms. The molecule has 0 saturated carbocycles. The Morgan fingerprint density at radius 2 is 2.00 bits per heavy atom. The van der Waals surface area contributed by atoms with Gasteiger partial charge in [-0.3, -0.25) is 14.6 Å². The summed E-state index contributed by atoms with van der Waals surface area (Å²) in [5, 5.41) is 3.20. The Labute approximate surface area is 176 Å². The molecule has 0 unspecified atom stereocenters. The van der Waals surface area contributed by atoms with E-state index in [9.17, 15) is 4.79 Å². The molecule has 2 aromatic heterocycles. The third kappa shape index (κ3) is 4.01. The highest BCUT2D eigenvalue weighted by Crippen LogP contribution is 2.35. The largest absolute Gasteiger partial charge is 0.481 e.